The van der Waals surface area contributed by atoms with Crippen LogP contribution < -0.4 is 4.72 Å². The van der Waals surface area contributed by atoms with Crippen molar-refractivity contribution in [1.82, 2.24) is 0 Å². The van der Waals surface area contributed by atoms with Gasteiger partial charge in [-0.2, -0.15) is 0 Å². The van der Waals surface area contributed by atoms with Gasteiger partial charge in [-0.25, -0.2) is 18.0 Å². The van der Waals surface area contributed by atoms with E-state index in [1.165, 1.54) is 48.5 Å². The summed E-state index contributed by atoms with van der Waals surface area (Å²) < 4.78 is 37.2. The van der Waals surface area contributed by atoms with Crippen LogP contribution >= 0.6 is 0 Å². The van der Waals surface area contributed by atoms with Crippen molar-refractivity contribution in [2.24, 2.45) is 0 Å². The number of nitrogens with one attached hydrogen (secondary N) is 1. The van der Waals surface area contributed by atoms with Crippen LogP contribution in [0.2, 0.25) is 0 Å². The average Bonchev–Trinajstić information content (AvgIpc) is 2.66. The maximum absolute atomic E-state index is 12.4. The fraction of sp³-hybridized carbons (Fsp3) is 0.263. The molecule has 0 saturated heterocycles. The van der Waals surface area contributed by atoms with Gasteiger partial charge >= 0.3 is 11.9 Å². The van der Waals surface area contributed by atoms with E-state index in [0.29, 0.717) is 17.9 Å². The van der Waals surface area contributed by atoms with Crippen molar-refractivity contribution >= 4 is 27.6 Å². The molecule has 0 unspecified atom stereocenters. The van der Waals surface area contributed by atoms with E-state index in [4.69, 9.17) is 9.47 Å². The lowest BCUT2D eigenvalue weighted by Gasteiger charge is -2.09. The third-order valence-electron chi connectivity index (χ3n) is 3.49. The summed E-state index contributed by atoms with van der Waals surface area (Å²) in [7, 11) is -3.83. The van der Waals surface area contributed by atoms with Crippen molar-refractivity contribution < 1.29 is 27.5 Å². The third kappa shape index (κ3) is 5.55. The molecule has 144 valence electrons. The Labute approximate surface area is 158 Å². The number of carbonyl (C=O) groups excluding carboxylic acids is 2. The van der Waals surface area contributed by atoms with Gasteiger partial charge in [0.2, 0.25) is 0 Å². The quantitative estimate of drug-likeness (QED) is 0.694. The molecule has 0 radical (unpaired) electrons. The Morgan fingerprint density at radius 3 is 1.89 bits per heavy atom. The number of hydrogen-bond acceptors (Lipinski definition) is 6. The topological polar surface area (TPSA) is 98.8 Å². The molecule has 0 aliphatic heterocycles. The highest BCUT2D eigenvalue weighted by Gasteiger charge is 2.16. The van der Waals surface area contributed by atoms with E-state index in [1.807, 2.05) is 6.92 Å². The SMILES string of the molecule is CCCOC(=O)c1ccc(NS(=O)(=O)c2ccc(C(=O)OCC)cc2)cc1. The number of anilines is 1. The van der Waals surface area contributed by atoms with Crippen LogP contribution in [0.1, 0.15) is 41.0 Å². The largest absolute Gasteiger partial charge is 0.462 e. The van der Waals surface area contributed by atoms with E-state index < -0.39 is 22.0 Å². The van der Waals surface area contributed by atoms with Crippen molar-refractivity contribution in [3.8, 4) is 0 Å². The third-order valence-corrected chi connectivity index (χ3v) is 4.88. The zero-order chi connectivity index (χ0) is 19.9. The van der Waals surface area contributed by atoms with E-state index in [-0.39, 0.29) is 17.1 Å². The summed E-state index contributed by atoms with van der Waals surface area (Å²) >= 11 is 0. The second-order valence-electron chi connectivity index (χ2n) is 5.56. The van der Waals surface area contributed by atoms with Gasteiger partial charge in [0.25, 0.3) is 10.0 Å². The number of carbonyl (C=O) groups is 2. The van der Waals surface area contributed by atoms with Gasteiger partial charge < -0.3 is 9.47 Å². The highest BCUT2D eigenvalue weighted by Crippen LogP contribution is 2.18. The molecule has 0 aliphatic rings. The molecule has 2 rings (SSSR count). The fourth-order valence-corrected chi connectivity index (χ4v) is 3.21. The molecule has 0 heterocycles. The molecule has 0 amide bonds. The first-order valence-electron chi connectivity index (χ1n) is 8.44. The number of esters is 2. The molecular weight excluding hydrogens is 370 g/mol. The van der Waals surface area contributed by atoms with Crippen molar-refractivity contribution in [2.75, 3.05) is 17.9 Å². The molecule has 0 bridgehead atoms. The van der Waals surface area contributed by atoms with Crippen LogP contribution in [0.3, 0.4) is 0 Å². The first kappa shape index (κ1) is 20.4. The minimum Gasteiger partial charge on any atom is -0.462 e. The number of hydrogen-bond donors (Lipinski definition) is 1. The second-order valence-corrected chi connectivity index (χ2v) is 7.25. The maximum atomic E-state index is 12.4. The van der Waals surface area contributed by atoms with Crippen LogP contribution in [0.15, 0.2) is 53.4 Å². The molecule has 0 fully saturated rings. The van der Waals surface area contributed by atoms with Crippen LogP contribution in [0.5, 0.6) is 0 Å². The van der Waals surface area contributed by atoms with E-state index in [0.717, 1.165) is 6.42 Å². The zero-order valence-corrected chi connectivity index (χ0v) is 15.9. The Balaban J connectivity index is 2.09. The summed E-state index contributed by atoms with van der Waals surface area (Å²) in [4.78, 5) is 23.4. The summed E-state index contributed by atoms with van der Waals surface area (Å²) in [5.41, 5.74) is 0.910. The van der Waals surface area contributed by atoms with Crippen LogP contribution in [0.25, 0.3) is 0 Å². The molecule has 2 aromatic carbocycles. The molecule has 1 N–H and O–H groups in total. The van der Waals surface area contributed by atoms with Crippen molar-refractivity contribution in [2.45, 2.75) is 25.2 Å². The van der Waals surface area contributed by atoms with Crippen molar-refractivity contribution in [3.63, 3.8) is 0 Å². The van der Waals surface area contributed by atoms with Gasteiger partial charge in [-0.05, 0) is 61.9 Å². The van der Waals surface area contributed by atoms with Crippen LogP contribution in [-0.2, 0) is 19.5 Å². The molecule has 0 spiro atoms. The molecule has 7 nitrogen and oxygen atoms in total. The van der Waals surface area contributed by atoms with Crippen LogP contribution in [0.4, 0.5) is 5.69 Å². The molecule has 0 atom stereocenters. The van der Waals surface area contributed by atoms with E-state index in [2.05, 4.69) is 4.72 Å². The van der Waals surface area contributed by atoms with Gasteiger partial charge in [-0.15, -0.1) is 0 Å². The van der Waals surface area contributed by atoms with E-state index in [9.17, 15) is 18.0 Å². The van der Waals surface area contributed by atoms with Crippen molar-refractivity contribution in [1.29, 1.82) is 0 Å². The summed E-state index contributed by atoms with van der Waals surface area (Å²) in [6.45, 7) is 4.15. The van der Waals surface area contributed by atoms with Gasteiger partial charge in [-0.1, -0.05) is 6.92 Å². The lowest BCUT2D eigenvalue weighted by Crippen LogP contribution is -2.14. The van der Waals surface area contributed by atoms with Crippen LogP contribution in [-0.4, -0.2) is 33.6 Å². The van der Waals surface area contributed by atoms with Gasteiger partial charge in [-0.3, -0.25) is 4.72 Å². The predicted molar refractivity (Wildman–Crippen MR) is 100 cm³/mol. The normalized spacial score (nSPS) is 10.9. The standard InChI is InChI=1S/C19H21NO6S/c1-3-13-26-19(22)14-5-9-16(10-6-14)20-27(23,24)17-11-7-15(8-12-17)18(21)25-4-2/h5-12,20H,3-4,13H2,1-2H3. The molecule has 0 aromatic heterocycles. The predicted octanol–water partition coefficient (Wildman–Crippen LogP) is 3.23. The molecule has 27 heavy (non-hydrogen) atoms. The van der Waals surface area contributed by atoms with E-state index in [1.54, 1.807) is 6.92 Å². The highest BCUT2D eigenvalue weighted by atomic mass is 32.2. The highest BCUT2D eigenvalue weighted by molar-refractivity contribution is 7.92. The van der Waals surface area contributed by atoms with Gasteiger partial charge in [0.1, 0.15) is 0 Å². The van der Waals surface area contributed by atoms with Crippen molar-refractivity contribution in [3.05, 3.63) is 59.7 Å². The van der Waals surface area contributed by atoms with Gasteiger partial charge in [0.15, 0.2) is 0 Å². The maximum Gasteiger partial charge on any atom is 0.338 e. The van der Waals surface area contributed by atoms with Gasteiger partial charge in [0.05, 0.1) is 29.2 Å². The summed E-state index contributed by atoms with van der Waals surface area (Å²) in [6.07, 6.45) is 0.721. The monoisotopic (exact) mass is 391 g/mol. The average molecular weight is 391 g/mol. The number of sulfonamides is 1. The fourth-order valence-electron chi connectivity index (χ4n) is 2.15. The lowest BCUT2D eigenvalue weighted by molar-refractivity contribution is 0.0501. The molecule has 2 aromatic rings. The van der Waals surface area contributed by atoms with Gasteiger partial charge in [0, 0.05) is 5.69 Å². The molecule has 0 saturated carbocycles. The number of ether oxygens (including phenoxy) is 2. The second kappa shape index (κ2) is 9.18. The minimum atomic E-state index is -3.83. The number of rotatable bonds is 8. The number of benzene rings is 2. The first-order valence-corrected chi connectivity index (χ1v) is 9.93. The Bertz CT molecular complexity index is 889. The lowest BCUT2D eigenvalue weighted by atomic mass is 10.2. The molecule has 8 heteroatoms. The molecular formula is C19H21NO6S. The Morgan fingerprint density at radius 1 is 0.852 bits per heavy atom. The Hall–Kier alpha value is -2.87. The zero-order valence-electron chi connectivity index (χ0n) is 15.1. The summed E-state index contributed by atoms with van der Waals surface area (Å²) in [5.74, 6) is -0.972. The Kier molecular flexibility index (Phi) is 6.95. The first-order chi connectivity index (χ1) is 12.9. The Morgan fingerprint density at radius 2 is 1.37 bits per heavy atom. The smallest absolute Gasteiger partial charge is 0.338 e. The summed E-state index contributed by atoms with van der Waals surface area (Å²) in [6, 6.07) is 11.4. The van der Waals surface area contributed by atoms with E-state index >= 15 is 0 Å². The summed E-state index contributed by atoms with van der Waals surface area (Å²) in [5, 5.41) is 0. The minimum absolute atomic E-state index is 0.00183. The van der Waals surface area contributed by atoms with Crippen LogP contribution in [0, 0.1) is 0 Å². The molecule has 0 aliphatic carbocycles.